The van der Waals surface area contributed by atoms with E-state index in [0.717, 1.165) is 33.8 Å². The Kier molecular flexibility index (Phi) is 11.2. The molecule has 0 aliphatic carbocycles. The van der Waals surface area contributed by atoms with Crippen molar-refractivity contribution in [1.29, 1.82) is 0 Å². The Balaban J connectivity index is 0.000000563. The number of carboxylic acid groups (broad SMARTS) is 1. The zero-order valence-electron chi connectivity index (χ0n) is 21.1. The highest BCUT2D eigenvalue weighted by atomic mass is 35.5. The van der Waals surface area contributed by atoms with E-state index in [9.17, 15) is 0 Å². The summed E-state index contributed by atoms with van der Waals surface area (Å²) >= 11 is 8.50. The van der Waals surface area contributed by atoms with Gasteiger partial charge in [0.1, 0.15) is 5.75 Å². The number of nitrogens with one attached hydrogen (secondary N) is 1. The summed E-state index contributed by atoms with van der Waals surface area (Å²) in [6.07, 6.45) is 0.992. The number of benzene rings is 3. The number of thioether (sulfide) groups is 1. The van der Waals surface area contributed by atoms with Gasteiger partial charge in [0.2, 0.25) is 0 Å². The molecular formula is C28H33ClN2O3S. The molecule has 2 N–H and O–H groups in total. The Morgan fingerprint density at radius 2 is 1.74 bits per heavy atom. The number of fused-ring (bicyclic) bond motifs is 2. The van der Waals surface area contributed by atoms with Gasteiger partial charge in [-0.05, 0) is 72.9 Å². The van der Waals surface area contributed by atoms with Crippen molar-refractivity contribution in [3.63, 3.8) is 0 Å². The fourth-order valence-electron chi connectivity index (χ4n) is 3.56. The Morgan fingerprint density at radius 1 is 1.06 bits per heavy atom. The van der Waals surface area contributed by atoms with E-state index in [1.807, 2.05) is 57.7 Å². The number of aromatic amines is 1. The molecule has 1 aliphatic rings. The van der Waals surface area contributed by atoms with Crippen molar-refractivity contribution < 1.29 is 14.6 Å². The Morgan fingerprint density at radius 3 is 2.40 bits per heavy atom. The molecule has 0 radical (unpaired) electrons. The third-order valence-corrected chi connectivity index (χ3v) is 6.95. The number of imidazole rings is 1. The molecule has 0 amide bonds. The molecule has 35 heavy (non-hydrogen) atoms. The number of nitrogens with zero attached hydrogens (tertiary/aromatic N) is 1. The second-order valence-electron chi connectivity index (χ2n) is 7.30. The van der Waals surface area contributed by atoms with E-state index in [0.29, 0.717) is 11.3 Å². The molecule has 1 aliphatic heterocycles. The molecule has 1 unspecified atom stereocenters. The number of hydrogen-bond acceptors (Lipinski definition) is 4. The molecule has 5 nitrogen and oxygen atoms in total. The van der Waals surface area contributed by atoms with Gasteiger partial charge in [0.05, 0.1) is 11.0 Å². The van der Waals surface area contributed by atoms with Gasteiger partial charge in [-0.15, -0.1) is 11.8 Å². The second kappa shape index (κ2) is 13.8. The number of halogens is 1. The molecule has 186 valence electrons. The lowest BCUT2D eigenvalue weighted by atomic mass is 10.0. The summed E-state index contributed by atoms with van der Waals surface area (Å²) in [6.45, 7) is 11.9. The van der Waals surface area contributed by atoms with Gasteiger partial charge in [0.15, 0.2) is 0 Å². The fraction of sp³-hybridized carbons (Fsp3) is 0.286. The lowest BCUT2D eigenvalue weighted by Crippen LogP contribution is -1.94. The number of aromatic nitrogens is 2. The van der Waals surface area contributed by atoms with Crippen LogP contribution in [0.5, 0.6) is 11.8 Å². The largest absolute Gasteiger partial charge is 0.483 e. The van der Waals surface area contributed by atoms with E-state index in [2.05, 4.69) is 60.2 Å². The first-order valence-electron chi connectivity index (χ1n) is 11.7. The highest BCUT2D eigenvalue weighted by Crippen LogP contribution is 2.48. The summed E-state index contributed by atoms with van der Waals surface area (Å²) in [5.41, 5.74) is 6.71. The van der Waals surface area contributed by atoms with Crippen molar-refractivity contribution in [2.75, 3.05) is 0 Å². The molecule has 0 saturated carbocycles. The summed E-state index contributed by atoms with van der Waals surface area (Å²) in [7, 11) is 0. The summed E-state index contributed by atoms with van der Waals surface area (Å²) in [4.78, 5) is 17.5. The zero-order valence-corrected chi connectivity index (χ0v) is 22.6. The first-order valence-corrected chi connectivity index (χ1v) is 13.0. The minimum atomic E-state index is -0.250. The molecule has 4 aromatic rings. The van der Waals surface area contributed by atoms with Crippen LogP contribution in [0.15, 0.2) is 59.5 Å². The lowest BCUT2D eigenvalue weighted by molar-refractivity contribution is -0.122. The minimum absolute atomic E-state index is 0.250. The molecule has 5 rings (SSSR count). The third kappa shape index (κ3) is 7.03. The van der Waals surface area contributed by atoms with Gasteiger partial charge in [-0.25, -0.2) is 0 Å². The first kappa shape index (κ1) is 28.3. The van der Waals surface area contributed by atoms with Gasteiger partial charge in [0, 0.05) is 15.2 Å². The number of aryl methyl sites for hydroxylation is 2. The molecule has 0 bridgehead atoms. The van der Waals surface area contributed by atoms with Gasteiger partial charge in [-0.1, -0.05) is 63.6 Å². The van der Waals surface area contributed by atoms with E-state index in [1.54, 1.807) is 0 Å². The number of hydrogen-bond donors (Lipinski definition) is 2. The van der Waals surface area contributed by atoms with Crippen LogP contribution in [0, 0.1) is 13.8 Å². The summed E-state index contributed by atoms with van der Waals surface area (Å²) in [5.74, 6) is 0.773. The maximum Gasteiger partial charge on any atom is 0.300 e. The smallest absolute Gasteiger partial charge is 0.300 e. The van der Waals surface area contributed by atoms with Crippen LogP contribution in [0.2, 0.25) is 5.02 Å². The zero-order chi connectivity index (χ0) is 26.0. The van der Waals surface area contributed by atoms with Crippen LogP contribution in [0.4, 0.5) is 0 Å². The normalized spacial score (nSPS) is 13.3. The Bertz CT molecular complexity index is 1230. The van der Waals surface area contributed by atoms with E-state index in [4.69, 9.17) is 26.2 Å². The first-order chi connectivity index (χ1) is 17.0. The maximum atomic E-state index is 8.36. The molecule has 1 atom stereocenters. The predicted molar refractivity (Wildman–Crippen MR) is 147 cm³/mol. The highest BCUT2D eigenvalue weighted by Gasteiger charge is 2.26. The number of carbonyl (C=O) groups is 1. The molecule has 0 spiro atoms. The quantitative estimate of drug-likeness (QED) is 0.268. The second-order valence-corrected chi connectivity index (χ2v) is 8.96. The number of ether oxygens (including phenoxy) is 1. The van der Waals surface area contributed by atoms with Crippen LogP contribution in [-0.2, 0) is 11.2 Å². The van der Waals surface area contributed by atoms with Gasteiger partial charge >= 0.3 is 0 Å². The van der Waals surface area contributed by atoms with Gasteiger partial charge in [-0.3, -0.25) is 4.79 Å². The predicted octanol–water partition coefficient (Wildman–Crippen LogP) is 8.77. The summed E-state index contributed by atoms with van der Waals surface area (Å²) in [5, 5.41) is 7.96. The van der Waals surface area contributed by atoms with Crippen LogP contribution in [0.25, 0.3) is 11.0 Å². The van der Waals surface area contributed by atoms with E-state index < -0.39 is 0 Å². The maximum absolute atomic E-state index is 8.36. The third-order valence-electron chi connectivity index (χ3n) is 5.27. The monoisotopic (exact) mass is 512 g/mol. The average molecular weight is 513 g/mol. The van der Waals surface area contributed by atoms with Crippen LogP contribution in [-0.4, -0.2) is 21.5 Å². The molecule has 0 saturated heterocycles. The van der Waals surface area contributed by atoms with Crippen molar-refractivity contribution in [1.82, 2.24) is 9.97 Å². The number of H-pyrrole nitrogens is 1. The lowest BCUT2D eigenvalue weighted by Gasteiger charge is -2.11. The SMILES string of the molecule is CC.CC.Cc1ccc(Oc2nc3cc(Cl)c(C4Cc5ccccc5S4)cc3[nH]2)cc1C.O=CO. The van der Waals surface area contributed by atoms with Crippen LogP contribution in [0.1, 0.15) is 55.2 Å². The van der Waals surface area contributed by atoms with Crippen molar-refractivity contribution in [3.8, 4) is 11.8 Å². The summed E-state index contributed by atoms with van der Waals surface area (Å²) in [6, 6.07) is 19.1. The van der Waals surface area contributed by atoms with Crippen molar-refractivity contribution >= 4 is 40.9 Å². The summed E-state index contributed by atoms with van der Waals surface area (Å²) < 4.78 is 5.94. The topological polar surface area (TPSA) is 75.2 Å². The van der Waals surface area contributed by atoms with Crippen LogP contribution >= 0.6 is 23.4 Å². The standard InChI is InChI=1S/C23H19ClN2OS.2C2H6.CH2O2/c1-13-7-8-16(9-14(13)2)27-23-25-19-11-17(18(24)12-20(19)26-23)22-10-15-5-3-4-6-21(15)28-22;2*1-2;2-1-3/h3-9,11-12,22H,10H2,1-2H3,(H,25,26);2*1-2H3;1H,(H,2,3). The average Bonchev–Trinajstić information content (AvgIpc) is 3.47. The van der Waals surface area contributed by atoms with Gasteiger partial charge < -0.3 is 14.8 Å². The molecule has 1 aromatic heterocycles. The van der Waals surface area contributed by atoms with Crippen molar-refractivity contribution in [2.24, 2.45) is 0 Å². The Labute approximate surface area is 216 Å². The fourth-order valence-corrected chi connectivity index (χ4v) is 5.27. The minimum Gasteiger partial charge on any atom is -0.483 e. The van der Waals surface area contributed by atoms with Crippen LogP contribution in [0.3, 0.4) is 0 Å². The Hall–Kier alpha value is -2.96. The number of rotatable bonds is 3. The van der Waals surface area contributed by atoms with Gasteiger partial charge in [-0.2, -0.15) is 4.98 Å². The van der Waals surface area contributed by atoms with Crippen LogP contribution < -0.4 is 4.74 Å². The highest BCUT2D eigenvalue weighted by molar-refractivity contribution is 7.99. The molecule has 0 fully saturated rings. The molecule has 7 heteroatoms. The van der Waals surface area contributed by atoms with Gasteiger partial charge in [0.25, 0.3) is 12.5 Å². The van der Waals surface area contributed by atoms with E-state index in [-0.39, 0.29) is 6.47 Å². The molecule has 3 aromatic carbocycles. The van der Waals surface area contributed by atoms with E-state index in [1.165, 1.54) is 21.6 Å². The van der Waals surface area contributed by atoms with E-state index >= 15 is 0 Å². The molecular weight excluding hydrogens is 480 g/mol. The van der Waals surface area contributed by atoms with Crippen molar-refractivity contribution in [2.45, 2.75) is 58.1 Å². The molecule has 2 heterocycles. The van der Waals surface area contributed by atoms with Crippen molar-refractivity contribution in [3.05, 3.63) is 81.9 Å².